The molecular formula is C14H16N4. The van der Waals surface area contributed by atoms with Gasteiger partial charge in [0.1, 0.15) is 5.84 Å². The van der Waals surface area contributed by atoms with E-state index in [1.807, 2.05) is 30.7 Å². The molecule has 92 valence electrons. The first-order valence-corrected chi connectivity index (χ1v) is 6.22. The summed E-state index contributed by atoms with van der Waals surface area (Å²) in [5.41, 5.74) is 2.35. The number of fused-ring (bicyclic) bond motifs is 1. The Kier molecular flexibility index (Phi) is 2.84. The molecular weight excluding hydrogens is 224 g/mol. The Hall–Kier alpha value is -2.10. The van der Waals surface area contributed by atoms with Crippen molar-refractivity contribution in [3.8, 4) is 0 Å². The van der Waals surface area contributed by atoms with Crippen molar-refractivity contribution in [2.45, 2.75) is 19.5 Å². The molecule has 1 N–H and O–H groups in total. The Morgan fingerprint density at radius 3 is 2.89 bits per heavy atom. The van der Waals surface area contributed by atoms with Crippen molar-refractivity contribution in [3.63, 3.8) is 0 Å². The highest BCUT2D eigenvalue weighted by Crippen LogP contribution is 2.22. The lowest BCUT2D eigenvalue weighted by atomic mass is 10.1. The van der Waals surface area contributed by atoms with Crippen LogP contribution in [0.25, 0.3) is 0 Å². The number of aryl methyl sites for hydroxylation is 1. The summed E-state index contributed by atoms with van der Waals surface area (Å²) >= 11 is 0. The van der Waals surface area contributed by atoms with Gasteiger partial charge in [-0.1, -0.05) is 24.3 Å². The van der Waals surface area contributed by atoms with E-state index in [2.05, 4.69) is 20.5 Å². The molecule has 0 amide bonds. The van der Waals surface area contributed by atoms with Gasteiger partial charge in [0, 0.05) is 37.6 Å². The van der Waals surface area contributed by atoms with Gasteiger partial charge >= 0.3 is 0 Å². The van der Waals surface area contributed by atoms with E-state index in [0.29, 0.717) is 5.84 Å². The van der Waals surface area contributed by atoms with Crippen LogP contribution in [0.3, 0.4) is 0 Å². The van der Waals surface area contributed by atoms with Crippen LogP contribution in [0.5, 0.6) is 0 Å². The number of rotatable bonds is 4. The molecule has 1 aliphatic heterocycles. The van der Waals surface area contributed by atoms with Crippen LogP contribution in [-0.2, 0) is 13.1 Å². The standard InChI is InChI=1S/C14H16N4/c15-14-13-5-2-1-4-12(13)10-18(14)8-3-7-17-9-6-16-11-17/h1-2,4-6,9,11,15H,3,7-8,10H2. The van der Waals surface area contributed by atoms with Crippen molar-refractivity contribution < 1.29 is 0 Å². The lowest BCUT2D eigenvalue weighted by Crippen LogP contribution is -2.25. The Morgan fingerprint density at radius 1 is 1.22 bits per heavy atom. The fourth-order valence-electron chi connectivity index (χ4n) is 2.40. The number of benzene rings is 1. The molecule has 1 aromatic heterocycles. The van der Waals surface area contributed by atoms with Gasteiger partial charge in [0.2, 0.25) is 0 Å². The molecule has 0 bridgehead atoms. The predicted octanol–water partition coefficient (Wildman–Crippen LogP) is 2.11. The van der Waals surface area contributed by atoms with Crippen molar-refractivity contribution in [3.05, 3.63) is 54.1 Å². The van der Waals surface area contributed by atoms with E-state index in [1.54, 1.807) is 6.20 Å². The smallest absolute Gasteiger partial charge is 0.128 e. The topological polar surface area (TPSA) is 44.9 Å². The SMILES string of the molecule is N=C1c2ccccc2CN1CCCn1ccnc1. The van der Waals surface area contributed by atoms with E-state index in [0.717, 1.165) is 31.6 Å². The minimum atomic E-state index is 0.663. The van der Waals surface area contributed by atoms with Crippen LogP contribution in [-0.4, -0.2) is 26.8 Å². The molecule has 0 fully saturated rings. The van der Waals surface area contributed by atoms with E-state index >= 15 is 0 Å². The molecule has 18 heavy (non-hydrogen) atoms. The zero-order valence-electron chi connectivity index (χ0n) is 10.2. The van der Waals surface area contributed by atoms with Gasteiger partial charge in [-0.15, -0.1) is 0 Å². The molecule has 0 aliphatic carbocycles. The van der Waals surface area contributed by atoms with Gasteiger partial charge in [0.25, 0.3) is 0 Å². The number of hydrogen-bond acceptors (Lipinski definition) is 2. The molecule has 0 saturated heterocycles. The van der Waals surface area contributed by atoms with Gasteiger partial charge < -0.3 is 9.47 Å². The molecule has 0 saturated carbocycles. The fraction of sp³-hybridized carbons (Fsp3) is 0.286. The van der Waals surface area contributed by atoms with Crippen LogP contribution in [0, 0.1) is 5.41 Å². The van der Waals surface area contributed by atoms with Gasteiger partial charge in [-0.05, 0) is 12.0 Å². The van der Waals surface area contributed by atoms with Crippen molar-refractivity contribution in [2.24, 2.45) is 0 Å². The summed E-state index contributed by atoms with van der Waals surface area (Å²) in [6.07, 6.45) is 6.65. The number of imidazole rings is 1. The number of nitrogens with zero attached hydrogens (tertiary/aromatic N) is 3. The first-order chi connectivity index (χ1) is 8.84. The van der Waals surface area contributed by atoms with E-state index in [1.165, 1.54) is 5.56 Å². The van der Waals surface area contributed by atoms with E-state index in [9.17, 15) is 0 Å². The fourth-order valence-corrected chi connectivity index (χ4v) is 2.40. The molecule has 0 radical (unpaired) electrons. The Labute approximate surface area is 106 Å². The normalized spacial score (nSPS) is 14.0. The van der Waals surface area contributed by atoms with Crippen LogP contribution in [0.2, 0.25) is 0 Å². The highest BCUT2D eigenvalue weighted by atomic mass is 15.2. The largest absolute Gasteiger partial charge is 0.352 e. The average Bonchev–Trinajstić information content (AvgIpc) is 3.00. The second-order valence-electron chi connectivity index (χ2n) is 4.58. The average molecular weight is 240 g/mol. The second-order valence-corrected chi connectivity index (χ2v) is 4.58. The van der Waals surface area contributed by atoms with Gasteiger partial charge in [0.15, 0.2) is 0 Å². The summed E-state index contributed by atoms with van der Waals surface area (Å²) < 4.78 is 2.08. The molecule has 4 heteroatoms. The number of nitrogens with one attached hydrogen (secondary N) is 1. The van der Waals surface area contributed by atoms with Gasteiger partial charge in [-0.2, -0.15) is 0 Å². The molecule has 4 nitrogen and oxygen atoms in total. The first-order valence-electron chi connectivity index (χ1n) is 6.22. The zero-order valence-corrected chi connectivity index (χ0v) is 10.2. The first kappa shape index (κ1) is 11.0. The third kappa shape index (κ3) is 2.01. The van der Waals surface area contributed by atoms with Gasteiger partial charge in [-0.3, -0.25) is 5.41 Å². The molecule has 1 aliphatic rings. The van der Waals surface area contributed by atoms with Gasteiger partial charge in [-0.25, -0.2) is 4.98 Å². The molecule has 1 aromatic carbocycles. The summed E-state index contributed by atoms with van der Waals surface area (Å²) in [5, 5.41) is 8.15. The maximum Gasteiger partial charge on any atom is 0.128 e. The van der Waals surface area contributed by atoms with Crippen LogP contribution in [0.4, 0.5) is 0 Å². The number of hydrogen-bond donors (Lipinski definition) is 1. The third-order valence-electron chi connectivity index (χ3n) is 3.35. The van der Waals surface area contributed by atoms with Crippen molar-refractivity contribution in [1.82, 2.24) is 14.5 Å². The minimum absolute atomic E-state index is 0.663. The molecule has 0 unspecified atom stereocenters. The molecule has 3 rings (SSSR count). The van der Waals surface area contributed by atoms with Crippen LogP contribution in [0.15, 0.2) is 43.0 Å². The zero-order chi connectivity index (χ0) is 12.4. The highest BCUT2D eigenvalue weighted by molar-refractivity contribution is 6.00. The number of aromatic nitrogens is 2. The lowest BCUT2D eigenvalue weighted by molar-refractivity contribution is 0.403. The summed E-state index contributed by atoms with van der Waals surface area (Å²) in [4.78, 5) is 6.17. The Bertz CT molecular complexity index is 545. The van der Waals surface area contributed by atoms with Crippen LogP contribution < -0.4 is 0 Å². The van der Waals surface area contributed by atoms with E-state index < -0.39 is 0 Å². The van der Waals surface area contributed by atoms with Crippen molar-refractivity contribution in [2.75, 3.05) is 6.54 Å². The molecule has 2 aromatic rings. The van der Waals surface area contributed by atoms with Crippen LogP contribution in [0.1, 0.15) is 17.5 Å². The lowest BCUT2D eigenvalue weighted by Gasteiger charge is -2.17. The molecule has 0 spiro atoms. The quantitative estimate of drug-likeness (QED) is 0.889. The maximum absolute atomic E-state index is 8.15. The van der Waals surface area contributed by atoms with Crippen LogP contribution >= 0.6 is 0 Å². The van der Waals surface area contributed by atoms with E-state index in [4.69, 9.17) is 5.41 Å². The maximum atomic E-state index is 8.15. The van der Waals surface area contributed by atoms with Crippen molar-refractivity contribution >= 4 is 5.84 Å². The summed E-state index contributed by atoms with van der Waals surface area (Å²) in [7, 11) is 0. The number of amidine groups is 1. The highest BCUT2D eigenvalue weighted by Gasteiger charge is 2.22. The predicted molar refractivity (Wildman–Crippen MR) is 70.5 cm³/mol. The minimum Gasteiger partial charge on any atom is -0.352 e. The van der Waals surface area contributed by atoms with Crippen molar-refractivity contribution in [1.29, 1.82) is 5.41 Å². The Balaban J connectivity index is 1.58. The third-order valence-corrected chi connectivity index (χ3v) is 3.35. The summed E-state index contributed by atoms with van der Waals surface area (Å²) in [5.74, 6) is 0.663. The second kappa shape index (κ2) is 4.64. The molecule has 2 heterocycles. The monoisotopic (exact) mass is 240 g/mol. The Morgan fingerprint density at radius 2 is 2.11 bits per heavy atom. The summed E-state index contributed by atoms with van der Waals surface area (Å²) in [6.45, 7) is 2.75. The van der Waals surface area contributed by atoms with Gasteiger partial charge in [0.05, 0.1) is 6.33 Å². The molecule has 0 atom stereocenters. The van der Waals surface area contributed by atoms with E-state index in [-0.39, 0.29) is 0 Å². The summed E-state index contributed by atoms with van der Waals surface area (Å²) in [6, 6.07) is 8.19.